The molecule has 5 heteroatoms. The quantitative estimate of drug-likeness (QED) is 0.756. The smallest absolute Gasteiger partial charge is 0.244 e. The minimum absolute atomic E-state index is 0.437. The van der Waals surface area contributed by atoms with E-state index >= 15 is 0 Å². The van der Waals surface area contributed by atoms with Gasteiger partial charge in [0.1, 0.15) is 0 Å². The molecule has 0 aliphatic heterocycles. The molecule has 3 rings (SSSR count). The highest BCUT2D eigenvalue weighted by atomic mass is 15.3. The average Bonchev–Trinajstić information content (AvgIpc) is 3.08. The molecule has 1 heterocycles. The first-order valence-electron chi connectivity index (χ1n) is 9.40. The summed E-state index contributed by atoms with van der Waals surface area (Å²) < 4.78 is 0. The molecular weight excluding hydrogens is 310 g/mol. The van der Waals surface area contributed by atoms with Crippen molar-refractivity contribution in [1.82, 2.24) is 15.2 Å². The van der Waals surface area contributed by atoms with Crippen molar-refractivity contribution in [1.29, 1.82) is 0 Å². The van der Waals surface area contributed by atoms with E-state index in [0.29, 0.717) is 23.8 Å². The Hall–Kier alpha value is -2.17. The van der Waals surface area contributed by atoms with Crippen molar-refractivity contribution in [2.45, 2.75) is 71.3 Å². The number of nitrogens with one attached hydrogen (secondary N) is 2. The first-order chi connectivity index (χ1) is 12.0. The fourth-order valence-corrected chi connectivity index (χ4v) is 3.50. The van der Waals surface area contributed by atoms with E-state index in [4.69, 9.17) is 0 Å². The van der Waals surface area contributed by atoms with Gasteiger partial charge in [0.2, 0.25) is 5.95 Å². The molecular formula is C20H29N5. The highest BCUT2D eigenvalue weighted by Gasteiger charge is 2.17. The third-order valence-corrected chi connectivity index (χ3v) is 4.87. The van der Waals surface area contributed by atoms with Crippen LogP contribution in [0.4, 0.5) is 17.5 Å². The van der Waals surface area contributed by atoms with Crippen LogP contribution in [0.2, 0.25) is 0 Å². The second-order valence-corrected chi connectivity index (χ2v) is 7.54. The highest BCUT2D eigenvalue weighted by molar-refractivity contribution is 5.66. The molecule has 5 nitrogen and oxygen atoms in total. The number of para-hydroxylation sites is 1. The minimum Gasteiger partial charge on any atom is -0.350 e. The van der Waals surface area contributed by atoms with E-state index in [2.05, 4.69) is 71.7 Å². The fourth-order valence-electron chi connectivity index (χ4n) is 3.50. The van der Waals surface area contributed by atoms with Crippen molar-refractivity contribution in [3.63, 3.8) is 0 Å². The summed E-state index contributed by atoms with van der Waals surface area (Å²) >= 11 is 0. The van der Waals surface area contributed by atoms with Crippen LogP contribution in [0.25, 0.3) is 0 Å². The van der Waals surface area contributed by atoms with Crippen molar-refractivity contribution in [3.8, 4) is 0 Å². The topological polar surface area (TPSA) is 62.7 Å². The van der Waals surface area contributed by atoms with E-state index in [-0.39, 0.29) is 0 Å². The first kappa shape index (κ1) is 17.6. The van der Waals surface area contributed by atoms with E-state index in [1.807, 2.05) is 0 Å². The van der Waals surface area contributed by atoms with Crippen LogP contribution in [0.15, 0.2) is 24.4 Å². The fraction of sp³-hybridized carbons (Fsp3) is 0.550. The van der Waals surface area contributed by atoms with Gasteiger partial charge in [-0.05, 0) is 35.8 Å². The molecule has 1 aliphatic carbocycles. The zero-order valence-corrected chi connectivity index (χ0v) is 15.7. The van der Waals surface area contributed by atoms with Gasteiger partial charge in [0.05, 0.1) is 6.20 Å². The van der Waals surface area contributed by atoms with Crippen LogP contribution in [0.1, 0.15) is 76.3 Å². The number of hydrogen-bond acceptors (Lipinski definition) is 5. The maximum Gasteiger partial charge on any atom is 0.244 e. The normalized spacial score (nSPS) is 15.1. The van der Waals surface area contributed by atoms with Crippen LogP contribution in [0.3, 0.4) is 0 Å². The molecule has 0 spiro atoms. The van der Waals surface area contributed by atoms with Gasteiger partial charge in [-0.25, -0.2) is 0 Å². The standard InChI is InChI=1S/C20H29N5/c1-13(2)16-10-7-11-17(14(3)4)19(16)23-18-12-21-25-20(24-18)22-15-8-5-6-9-15/h7,10-15H,5-6,8-9H2,1-4H3,(H2,22,23,24,25). The lowest BCUT2D eigenvalue weighted by Gasteiger charge is -2.20. The Labute approximate surface area is 150 Å². The zero-order valence-electron chi connectivity index (χ0n) is 15.7. The number of aromatic nitrogens is 3. The lowest BCUT2D eigenvalue weighted by molar-refractivity contribution is 0.738. The third-order valence-electron chi connectivity index (χ3n) is 4.87. The van der Waals surface area contributed by atoms with E-state index in [0.717, 1.165) is 11.5 Å². The van der Waals surface area contributed by atoms with Gasteiger partial charge in [0.25, 0.3) is 0 Å². The molecule has 0 saturated heterocycles. The van der Waals surface area contributed by atoms with Crippen LogP contribution in [0.5, 0.6) is 0 Å². The summed E-state index contributed by atoms with van der Waals surface area (Å²) in [6.45, 7) is 8.87. The van der Waals surface area contributed by atoms with E-state index in [1.165, 1.54) is 36.8 Å². The molecule has 1 saturated carbocycles. The van der Waals surface area contributed by atoms with Crippen molar-refractivity contribution >= 4 is 17.5 Å². The van der Waals surface area contributed by atoms with Gasteiger partial charge in [-0.2, -0.15) is 10.1 Å². The number of benzene rings is 1. The number of rotatable bonds is 6. The number of anilines is 3. The second kappa shape index (κ2) is 7.81. The lowest BCUT2D eigenvalue weighted by Crippen LogP contribution is -2.17. The molecule has 2 N–H and O–H groups in total. The number of hydrogen-bond donors (Lipinski definition) is 2. The van der Waals surface area contributed by atoms with E-state index < -0.39 is 0 Å². The van der Waals surface area contributed by atoms with Gasteiger partial charge in [0.15, 0.2) is 5.82 Å². The SMILES string of the molecule is CC(C)c1cccc(C(C)C)c1Nc1cnnc(NC2CCCC2)n1. The monoisotopic (exact) mass is 339 g/mol. The van der Waals surface area contributed by atoms with Gasteiger partial charge >= 0.3 is 0 Å². The van der Waals surface area contributed by atoms with Gasteiger partial charge in [-0.1, -0.05) is 58.7 Å². The summed E-state index contributed by atoms with van der Waals surface area (Å²) in [4.78, 5) is 4.64. The molecule has 0 atom stereocenters. The van der Waals surface area contributed by atoms with Crippen LogP contribution < -0.4 is 10.6 Å². The van der Waals surface area contributed by atoms with Gasteiger partial charge in [-0.3, -0.25) is 0 Å². The van der Waals surface area contributed by atoms with Crippen molar-refractivity contribution in [2.75, 3.05) is 10.6 Å². The predicted molar refractivity (Wildman–Crippen MR) is 104 cm³/mol. The Kier molecular flexibility index (Phi) is 5.51. The maximum atomic E-state index is 4.64. The lowest BCUT2D eigenvalue weighted by atomic mass is 9.92. The van der Waals surface area contributed by atoms with E-state index in [1.54, 1.807) is 6.20 Å². The molecule has 25 heavy (non-hydrogen) atoms. The van der Waals surface area contributed by atoms with Crippen LogP contribution in [0, 0.1) is 0 Å². The molecule has 0 bridgehead atoms. The highest BCUT2D eigenvalue weighted by Crippen LogP contribution is 2.34. The Morgan fingerprint density at radius 3 is 2.24 bits per heavy atom. The summed E-state index contributed by atoms with van der Waals surface area (Å²) in [5.41, 5.74) is 3.75. The molecule has 1 aromatic heterocycles. The van der Waals surface area contributed by atoms with Gasteiger partial charge < -0.3 is 10.6 Å². The summed E-state index contributed by atoms with van der Waals surface area (Å²) in [5.74, 6) is 2.23. The van der Waals surface area contributed by atoms with Crippen molar-refractivity contribution in [2.24, 2.45) is 0 Å². The Morgan fingerprint density at radius 1 is 1.00 bits per heavy atom. The predicted octanol–water partition coefficient (Wildman–Crippen LogP) is 5.22. The Bertz CT molecular complexity index is 679. The molecule has 1 aliphatic rings. The molecule has 134 valence electrons. The van der Waals surface area contributed by atoms with Gasteiger partial charge in [-0.15, -0.1) is 5.10 Å². The summed E-state index contributed by atoms with van der Waals surface area (Å²) in [6, 6.07) is 6.99. The summed E-state index contributed by atoms with van der Waals surface area (Å²) in [7, 11) is 0. The Morgan fingerprint density at radius 2 is 1.64 bits per heavy atom. The first-order valence-corrected chi connectivity index (χ1v) is 9.40. The molecule has 0 radical (unpaired) electrons. The largest absolute Gasteiger partial charge is 0.350 e. The molecule has 2 aromatic rings. The summed E-state index contributed by atoms with van der Waals surface area (Å²) in [5, 5.41) is 15.2. The minimum atomic E-state index is 0.437. The van der Waals surface area contributed by atoms with E-state index in [9.17, 15) is 0 Å². The molecule has 0 unspecified atom stereocenters. The summed E-state index contributed by atoms with van der Waals surface area (Å²) in [6.07, 6.45) is 6.63. The van der Waals surface area contributed by atoms with Crippen LogP contribution in [-0.2, 0) is 0 Å². The molecule has 1 fully saturated rings. The van der Waals surface area contributed by atoms with Crippen LogP contribution >= 0.6 is 0 Å². The molecule has 0 amide bonds. The zero-order chi connectivity index (χ0) is 17.8. The van der Waals surface area contributed by atoms with Crippen molar-refractivity contribution < 1.29 is 0 Å². The van der Waals surface area contributed by atoms with Crippen molar-refractivity contribution in [3.05, 3.63) is 35.5 Å². The maximum absolute atomic E-state index is 4.64. The van der Waals surface area contributed by atoms with Gasteiger partial charge in [0, 0.05) is 11.7 Å². The third kappa shape index (κ3) is 4.27. The average molecular weight is 339 g/mol. The Balaban J connectivity index is 1.86. The molecule has 1 aromatic carbocycles. The second-order valence-electron chi connectivity index (χ2n) is 7.54. The van der Waals surface area contributed by atoms with Crippen LogP contribution in [-0.4, -0.2) is 21.2 Å². The number of nitrogens with zero attached hydrogens (tertiary/aromatic N) is 3.